The zero-order valence-corrected chi connectivity index (χ0v) is 24.2. The molecule has 0 aliphatic rings. The van der Waals surface area contributed by atoms with Gasteiger partial charge in [0.2, 0.25) is 21.8 Å². The van der Waals surface area contributed by atoms with Crippen LogP contribution in [0.2, 0.25) is 5.02 Å². The minimum Gasteiger partial charge on any atom is -0.495 e. The predicted molar refractivity (Wildman–Crippen MR) is 154 cm³/mol. The average molecular weight is 590 g/mol. The van der Waals surface area contributed by atoms with E-state index >= 15 is 0 Å². The van der Waals surface area contributed by atoms with E-state index in [1.807, 2.05) is 30.3 Å². The number of nitrogens with one attached hydrogen (secondary N) is 1. The van der Waals surface area contributed by atoms with Crippen LogP contribution in [0.1, 0.15) is 24.0 Å². The second-order valence-corrected chi connectivity index (χ2v) is 11.5. The molecule has 3 aromatic rings. The molecule has 0 bridgehead atoms. The van der Waals surface area contributed by atoms with Gasteiger partial charge in [0.05, 0.1) is 24.1 Å². The van der Waals surface area contributed by atoms with E-state index in [0.717, 1.165) is 16.1 Å². The van der Waals surface area contributed by atoms with Crippen molar-refractivity contribution in [1.29, 1.82) is 0 Å². The number of halogens is 2. The number of hydrogen-bond acceptors (Lipinski definition) is 5. The van der Waals surface area contributed by atoms with E-state index in [1.165, 1.54) is 31.2 Å². The van der Waals surface area contributed by atoms with Crippen molar-refractivity contribution in [3.8, 4) is 5.75 Å². The van der Waals surface area contributed by atoms with Crippen molar-refractivity contribution >= 4 is 39.1 Å². The maximum absolute atomic E-state index is 14.6. The van der Waals surface area contributed by atoms with Crippen LogP contribution in [-0.2, 0) is 32.6 Å². The van der Waals surface area contributed by atoms with Crippen molar-refractivity contribution in [1.82, 2.24) is 10.2 Å². The quantitative estimate of drug-likeness (QED) is 0.318. The van der Waals surface area contributed by atoms with E-state index in [1.54, 1.807) is 30.3 Å². The maximum Gasteiger partial charge on any atom is 0.242 e. The summed E-state index contributed by atoms with van der Waals surface area (Å²) in [6.07, 6.45) is 1.36. The van der Waals surface area contributed by atoms with Crippen LogP contribution >= 0.6 is 11.6 Å². The third kappa shape index (κ3) is 8.19. The van der Waals surface area contributed by atoms with Gasteiger partial charge in [0, 0.05) is 38.5 Å². The van der Waals surface area contributed by atoms with E-state index in [4.69, 9.17) is 16.3 Å². The number of nitrogens with zero attached hydrogens (tertiary/aromatic N) is 2. The van der Waals surface area contributed by atoms with Gasteiger partial charge < -0.3 is 15.0 Å². The van der Waals surface area contributed by atoms with Gasteiger partial charge in [-0.2, -0.15) is 0 Å². The first-order valence-corrected chi connectivity index (χ1v) is 14.9. The minimum atomic E-state index is -3.71. The SMILES string of the molecule is CNC(=O)[C@@H](Cc1ccccc1)N(Cc1ccccc1F)C(=O)CCCN(c1ccc(OC)c(Cl)c1)S(C)(=O)=O. The number of rotatable bonds is 13. The van der Waals surface area contributed by atoms with Crippen molar-refractivity contribution in [2.45, 2.75) is 31.8 Å². The summed E-state index contributed by atoms with van der Waals surface area (Å²) in [7, 11) is -0.767. The summed E-state index contributed by atoms with van der Waals surface area (Å²) >= 11 is 6.21. The summed E-state index contributed by atoms with van der Waals surface area (Å²) in [6.45, 7) is -0.135. The summed E-state index contributed by atoms with van der Waals surface area (Å²) in [5, 5.41) is 2.86. The summed E-state index contributed by atoms with van der Waals surface area (Å²) < 4.78 is 46.1. The molecule has 8 nitrogen and oxygen atoms in total. The number of amides is 2. The molecule has 0 saturated carbocycles. The van der Waals surface area contributed by atoms with E-state index in [2.05, 4.69) is 5.32 Å². The van der Waals surface area contributed by atoms with Gasteiger partial charge in [-0.25, -0.2) is 12.8 Å². The smallest absolute Gasteiger partial charge is 0.242 e. The average Bonchev–Trinajstić information content (AvgIpc) is 2.93. The second-order valence-electron chi connectivity index (χ2n) is 9.19. The number of ether oxygens (including phenoxy) is 1. The van der Waals surface area contributed by atoms with E-state index in [9.17, 15) is 22.4 Å². The lowest BCUT2D eigenvalue weighted by Crippen LogP contribution is -2.50. The zero-order chi connectivity index (χ0) is 29.3. The Morgan fingerprint density at radius 3 is 2.33 bits per heavy atom. The highest BCUT2D eigenvalue weighted by atomic mass is 35.5. The largest absolute Gasteiger partial charge is 0.495 e. The highest BCUT2D eigenvalue weighted by molar-refractivity contribution is 7.92. The molecule has 0 fully saturated rings. The van der Waals surface area contributed by atoms with Gasteiger partial charge >= 0.3 is 0 Å². The highest BCUT2D eigenvalue weighted by Crippen LogP contribution is 2.30. The molecule has 0 spiro atoms. The molecule has 3 rings (SSSR count). The Kier molecular flexibility index (Phi) is 10.9. The van der Waals surface area contributed by atoms with Gasteiger partial charge in [-0.3, -0.25) is 13.9 Å². The number of likely N-dealkylation sites (N-methyl/N-ethyl adjacent to an activating group) is 1. The molecule has 40 heavy (non-hydrogen) atoms. The molecule has 1 atom stereocenters. The van der Waals surface area contributed by atoms with Gasteiger partial charge in [-0.1, -0.05) is 60.1 Å². The standard InChI is InChI=1S/C29H33ClFN3O5S/c1-32-29(36)26(18-21-10-5-4-6-11-21)33(20-22-12-7-8-13-25(22)31)28(35)14-9-17-34(40(3,37)38)23-15-16-27(39-2)24(30)19-23/h4-8,10-13,15-16,19,26H,9,14,17-18,20H2,1-3H3,(H,32,36)/t26-/m1/s1. The minimum absolute atomic E-state index is 0.00983. The number of anilines is 1. The fourth-order valence-electron chi connectivity index (χ4n) is 4.35. The Labute approximate surface area is 239 Å². The molecule has 11 heteroatoms. The fraction of sp³-hybridized carbons (Fsp3) is 0.310. The molecular weight excluding hydrogens is 557 g/mol. The van der Waals surface area contributed by atoms with Crippen LogP contribution in [0.4, 0.5) is 10.1 Å². The fourth-order valence-corrected chi connectivity index (χ4v) is 5.55. The lowest BCUT2D eigenvalue weighted by Gasteiger charge is -2.31. The molecule has 2 amide bonds. The van der Waals surface area contributed by atoms with Crippen molar-refractivity contribution < 1.29 is 27.1 Å². The highest BCUT2D eigenvalue weighted by Gasteiger charge is 2.30. The Hall–Kier alpha value is -3.63. The van der Waals surface area contributed by atoms with Crippen LogP contribution in [0.3, 0.4) is 0 Å². The van der Waals surface area contributed by atoms with Gasteiger partial charge in [0.15, 0.2) is 0 Å². The van der Waals surface area contributed by atoms with Crippen LogP contribution in [0.15, 0.2) is 72.8 Å². The van der Waals surface area contributed by atoms with E-state index < -0.39 is 27.8 Å². The number of carbonyl (C=O) groups excluding carboxylic acids is 2. The third-order valence-corrected chi connectivity index (χ3v) is 7.88. The molecule has 0 heterocycles. The Bertz CT molecular complexity index is 1420. The Balaban J connectivity index is 1.86. The van der Waals surface area contributed by atoms with Crippen LogP contribution in [0, 0.1) is 5.82 Å². The molecule has 0 aromatic heterocycles. The first-order chi connectivity index (χ1) is 19.0. The lowest BCUT2D eigenvalue weighted by atomic mass is 10.0. The first-order valence-electron chi connectivity index (χ1n) is 12.6. The van der Waals surface area contributed by atoms with Gasteiger partial charge in [-0.15, -0.1) is 0 Å². The molecule has 1 N–H and O–H groups in total. The number of sulfonamides is 1. The van der Waals surface area contributed by atoms with E-state index in [0.29, 0.717) is 11.4 Å². The number of hydrogen-bond donors (Lipinski definition) is 1. The van der Waals surface area contributed by atoms with Crippen molar-refractivity contribution in [2.75, 3.05) is 31.3 Å². The third-order valence-electron chi connectivity index (χ3n) is 6.39. The molecule has 0 radical (unpaired) electrons. The van der Waals surface area contributed by atoms with Crippen molar-refractivity contribution in [2.24, 2.45) is 0 Å². The molecule has 0 saturated heterocycles. The zero-order valence-electron chi connectivity index (χ0n) is 22.6. The summed E-state index contributed by atoms with van der Waals surface area (Å²) in [6, 6.07) is 19.0. The molecule has 0 unspecified atom stereocenters. The summed E-state index contributed by atoms with van der Waals surface area (Å²) in [5.74, 6) is -0.889. The van der Waals surface area contributed by atoms with Crippen molar-refractivity contribution in [3.05, 3.63) is 94.8 Å². The number of carbonyl (C=O) groups is 2. The van der Waals surface area contributed by atoms with Crippen molar-refractivity contribution in [3.63, 3.8) is 0 Å². The molecule has 3 aromatic carbocycles. The van der Waals surface area contributed by atoms with Crippen LogP contribution in [-0.4, -0.2) is 58.1 Å². The number of methoxy groups -OCH3 is 1. The monoisotopic (exact) mass is 589 g/mol. The van der Waals surface area contributed by atoms with Gasteiger partial charge in [-0.05, 0) is 36.2 Å². The normalized spacial score (nSPS) is 11.9. The lowest BCUT2D eigenvalue weighted by molar-refractivity contribution is -0.141. The van der Waals surface area contributed by atoms with Gasteiger partial charge in [0.1, 0.15) is 17.6 Å². The van der Waals surface area contributed by atoms with Crippen LogP contribution in [0.25, 0.3) is 0 Å². The van der Waals surface area contributed by atoms with Crippen LogP contribution in [0.5, 0.6) is 5.75 Å². The predicted octanol–water partition coefficient (Wildman–Crippen LogP) is 4.42. The molecule has 0 aliphatic heterocycles. The summed E-state index contributed by atoms with van der Waals surface area (Å²) in [5.41, 5.74) is 1.43. The van der Waals surface area contributed by atoms with Crippen LogP contribution < -0.4 is 14.4 Å². The van der Waals surface area contributed by atoms with Gasteiger partial charge in [0.25, 0.3) is 0 Å². The Morgan fingerprint density at radius 1 is 1.05 bits per heavy atom. The molecular formula is C29H33ClFN3O5S. The maximum atomic E-state index is 14.6. The number of benzene rings is 3. The summed E-state index contributed by atoms with van der Waals surface area (Å²) in [4.78, 5) is 28.0. The van der Waals surface area contributed by atoms with E-state index in [-0.39, 0.29) is 48.8 Å². The molecule has 0 aliphatic carbocycles. The Morgan fingerprint density at radius 2 is 1.73 bits per heavy atom. The topological polar surface area (TPSA) is 96.0 Å². The first kappa shape index (κ1) is 30.9. The molecule has 214 valence electrons. The second kappa shape index (κ2) is 14.1.